The van der Waals surface area contributed by atoms with Crippen LogP contribution in [0.5, 0.6) is 0 Å². The average Bonchev–Trinajstić information content (AvgIpc) is 2.88. The normalized spacial score (nSPS) is 17.1. The van der Waals surface area contributed by atoms with Crippen LogP contribution in [0.2, 0.25) is 5.02 Å². The van der Waals surface area contributed by atoms with Crippen LogP contribution >= 0.6 is 23.8 Å². The summed E-state index contributed by atoms with van der Waals surface area (Å²) in [6.45, 7) is 2.02. The molecule has 0 fully saturated rings. The summed E-state index contributed by atoms with van der Waals surface area (Å²) in [4.78, 5) is 15.0. The van der Waals surface area contributed by atoms with Crippen molar-refractivity contribution in [3.05, 3.63) is 58.0 Å². The topological polar surface area (TPSA) is 74.8 Å². The first-order valence-corrected chi connectivity index (χ1v) is 11.2. The van der Waals surface area contributed by atoms with Gasteiger partial charge in [-0.1, -0.05) is 23.8 Å². The highest BCUT2D eigenvalue weighted by molar-refractivity contribution is 7.80. The minimum Gasteiger partial charge on any atom is -0.349 e. The molecule has 1 atom stereocenters. The summed E-state index contributed by atoms with van der Waals surface area (Å²) in [6, 6.07) is 8.40. The second-order valence-corrected chi connectivity index (χ2v) is 8.99. The second-order valence-electron chi connectivity index (χ2n) is 8.06. The number of anilines is 3. The lowest BCUT2D eigenvalue weighted by Crippen LogP contribution is -2.32. The molecule has 2 aromatic heterocycles. The second kappa shape index (κ2) is 8.15. The average molecular weight is 451 g/mol. The van der Waals surface area contributed by atoms with Gasteiger partial charge in [0.2, 0.25) is 5.95 Å². The molecule has 0 spiro atoms. The first-order chi connectivity index (χ1) is 15.0. The Morgan fingerprint density at radius 1 is 1.19 bits per heavy atom. The maximum atomic E-state index is 6.20. The number of nitrogens with one attached hydrogen (secondary N) is 3. The van der Waals surface area contributed by atoms with Gasteiger partial charge >= 0.3 is 0 Å². The summed E-state index contributed by atoms with van der Waals surface area (Å²) in [5.74, 6) is 0.540. The summed E-state index contributed by atoms with van der Waals surface area (Å²) in [6.07, 6.45) is 5.54. The van der Waals surface area contributed by atoms with Gasteiger partial charge in [-0.05, 0) is 63.1 Å². The van der Waals surface area contributed by atoms with Crippen molar-refractivity contribution >= 4 is 46.1 Å². The number of pyridine rings is 1. The van der Waals surface area contributed by atoms with Gasteiger partial charge in [-0.15, -0.1) is 0 Å². The predicted octanol–water partition coefficient (Wildman–Crippen LogP) is 4.62. The van der Waals surface area contributed by atoms with Gasteiger partial charge in [0.25, 0.3) is 0 Å². The molecule has 0 bridgehead atoms. The standard InChI is InChI=1S/C23H23ClN6S/c1-12-19(8-13-7-16(25-2)4-6-18(13)27-12)29-23-26-11-14-9-21(31)28-20-10-15(24)3-5-17(20)22(14)30-23/h3,5,8,10-11,16,25H,4,6-7,9H2,1-2H3,(H,28,31)(H,26,29,30). The fraction of sp³-hybridized carbons (Fsp3) is 0.304. The van der Waals surface area contributed by atoms with E-state index in [2.05, 4.69) is 27.0 Å². The molecule has 8 heteroatoms. The SMILES string of the molecule is CNC1CCc2nc(C)c(Nc3ncc4c(n3)-c3ccc(Cl)cc3NC(=S)C4)cc2C1. The van der Waals surface area contributed by atoms with E-state index in [-0.39, 0.29) is 0 Å². The van der Waals surface area contributed by atoms with E-state index in [0.29, 0.717) is 23.4 Å². The third-order valence-corrected chi connectivity index (χ3v) is 6.44. The van der Waals surface area contributed by atoms with E-state index in [1.165, 1.54) is 11.3 Å². The summed E-state index contributed by atoms with van der Waals surface area (Å²) in [5, 5.41) is 10.7. The molecule has 1 aliphatic carbocycles. The Labute approximate surface area is 191 Å². The number of hydrogen-bond acceptors (Lipinski definition) is 6. The van der Waals surface area contributed by atoms with Crippen LogP contribution in [0.25, 0.3) is 11.3 Å². The Kier molecular flexibility index (Phi) is 5.33. The molecule has 6 nitrogen and oxygen atoms in total. The van der Waals surface area contributed by atoms with Gasteiger partial charge in [0.1, 0.15) is 0 Å². The zero-order valence-electron chi connectivity index (χ0n) is 17.4. The number of nitrogens with zero attached hydrogens (tertiary/aromatic N) is 3. The fourth-order valence-corrected chi connectivity index (χ4v) is 4.72. The molecule has 1 aliphatic heterocycles. The predicted molar refractivity (Wildman–Crippen MR) is 130 cm³/mol. The molecule has 0 radical (unpaired) electrons. The van der Waals surface area contributed by atoms with Gasteiger partial charge in [-0.25, -0.2) is 9.97 Å². The highest BCUT2D eigenvalue weighted by atomic mass is 35.5. The largest absolute Gasteiger partial charge is 0.349 e. The molecular weight excluding hydrogens is 428 g/mol. The molecule has 1 aromatic carbocycles. The van der Waals surface area contributed by atoms with E-state index >= 15 is 0 Å². The van der Waals surface area contributed by atoms with Crippen LogP contribution in [0.3, 0.4) is 0 Å². The van der Waals surface area contributed by atoms with Crippen molar-refractivity contribution in [1.82, 2.24) is 20.3 Å². The van der Waals surface area contributed by atoms with Crippen LogP contribution < -0.4 is 16.0 Å². The van der Waals surface area contributed by atoms with Crippen molar-refractivity contribution in [3.8, 4) is 11.3 Å². The number of rotatable bonds is 3. The quantitative estimate of drug-likeness (QED) is 0.503. The summed E-state index contributed by atoms with van der Waals surface area (Å²) < 4.78 is 0. The fourth-order valence-electron chi connectivity index (χ4n) is 4.28. The molecule has 5 rings (SSSR count). The highest BCUT2D eigenvalue weighted by Gasteiger charge is 2.22. The Bertz CT molecular complexity index is 1190. The van der Waals surface area contributed by atoms with Crippen molar-refractivity contribution in [3.63, 3.8) is 0 Å². The first-order valence-electron chi connectivity index (χ1n) is 10.4. The third-order valence-electron chi connectivity index (χ3n) is 5.96. The van der Waals surface area contributed by atoms with Crippen LogP contribution in [0.1, 0.15) is 28.9 Å². The van der Waals surface area contributed by atoms with Gasteiger partial charge in [-0.2, -0.15) is 0 Å². The van der Waals surface area contributed by atoms with Crippen LogP contribution in [0.4, 0.5) is 17.3 Å². The Balaban J connectivity index is 1.51. The van der Waals surface area contributed by atoms with Gasteiger partial charge in [-0.3, -0.25) is 4.98 Å². The Morgan fingerprint density at radius 3 is 2.90 bits per heavy atom. The van der Waals surface area contributed by atoms with E-state index in [1.54, 1.807) is 0 Å². The smallest absolute Gasteiger partial charge is 0.227 e. The number of halogens is 1. The van der Waals surface area contributed by atoms with Gasteiger partial charge in [0, 0.05) is 46.2 Å². The maximum absolute atomic E-state index is 6.20. The molecule has 3 heterocycles. The number of aromatic nitrogens is 3. The number of fused-ring (bicyclic) bond motifs is 4. The van der Waals surface area contributed by atoms with Crippen molar-refractivity contribution in [1.29, 1.82) is 0 Å². The van der Waals surface area contributed by atoms with Crippen LogP contribution in [-0.2, 0) is 19.3 Å². The third kappa shape index (κ3) is 4.01. The number of thiocarbonyl (C=S) groups is 1. The zero-order chi connectivity index (χ0) is 21.5. The Morgan fingerprint density at radius 2 is 2.06 bits per heavy atom. The molecule has 0 saturated heterocycles. The van der Waals surface area contributed by atoms with Crippen LogP contribution in [0.15, 0.2) is 30.5 Å². The molecular formula is C23H23ClN6S. The maximum Gasteiger partial charge on any atom is 0.227 e. The number of aryl methyl sites for hydroxylation is 2. The highest BCUT2D eigenvalue weighted by Crippen LogP contribution is 2.35. The summed E-state index contributed by atoms with van der Waals surface area (Å²) in [7, 11) is 2.02. The van der Waals surface area contributed by atoms with E-state index in [1.807, 2.05) is 38.4 Å². The van der Waals surface area contributed by atoms with Crippen LogP contribution in [-0.4, -0.2) is 33.0 Å². The lowest BCUT2D eigenvalue weighted by atomic mass is 9.91. The minimum absolute atomic E-state index is 0.494. The monoisotopic (exact) mass is 450 g/mol. The molecule has 1 unspecified atom stereocenters. The molecule has 3 aromatic rings. The lowest BCUT2D eigenvalue weighted by Gasteiger charge is -2.24. The molecule has 2 aliphatic rings. The number of hydrogen-bond donors (Lipinski definition) is 3. The van der Waals surface area contributed by atoms with E-state index in [4.69, 9.17) is 33.8 Å². The summed E-state index contributed by atoms with van der Waals surface area (Å²) >= 11 is 11.7. The number of likely N-dealkylation sites (N-methyl/N-ethyl adjacent to an activating group) is 1. The zero-order valence-corrected chi connectivity index (χ0v) is 19.0. The van der Waals surface area contributed by atoms with E-state index in [9.17, 15) is 0 Å². The summed E-state index contributed by atoms with van der Waals surface area (Å²) in [5.41, 5.74) is 8.04. The molecule has 0 amide bonds. The van der Waals surface area contributed by atoms with Crippen molar-refractivity contribution in [2.75, 3.05) is 17.7 Å². The van der Waals surface area contributed by atoms with Crippen molar-refractivity contribution < 1.29 is 0 Å². The van der Waals surface area contributed by atoms with Crippen molar-refractivity contribution in [2.24, 2.45) is 0 Å². The molecule has 0 saturated carbocycles. The molecule has 31 heavy (non-hydrogen) atoms. The Hall–Kier alpha value is -2.61. The first kappa shape index (κ1) is 20.3. The lowest BCUT2D eigenvalue weighted by molar-refractivity contribution is 0.490. The van der Waals surface area contributed by atoms with E-state index in [0.717, 1.165) is 58.1 Å². The van der Waals surface area contributed by atoms with Gasteiger partial charge in [0.05, 0.1) is 22.1 Å². The number of benzene rings is 1. The molecule has 158 valence electrons. The van der Waals surface area contributed by atoms with E-state index < -0.39 is 0 Å². The minimum atomic E-state index is 0.494. The molecule has 3 N–H and O–H groups in total. The van der Waals surface area contributed by atoms with Gasteiger partial charge in [0.15, 0.2) is 0 Å². The van der Waals surface area contributed by atoms with Crippen molar-refractivity contribution in [2.45, 2.75) is 38.6 Å². The van der Waals surface area contributed by atoms with Crippen LogP contribution in [0, 0.1) is 6.92 Å². The van der Waals surface area contributed by atoms with Gasteiger partial charge < -0.3 is 16.0 Å².